The lowest BCUT2D eigenvalue weighted by Gasteiger charge is -2.42. The van der Waals surface area contributed by atoms with Gasteiger partial charge in [0.15, 0.2) is 0 Å². The van der Waals surface area contributed by atoms with Gasteiger partial charge in [0, 0.05) is 52.5 Å². The van der Waals surface area contributed by atoms with E-state index in [1.165, 1.54) is 47.9 Å². The van der Waals surface area contributed by atoms with Gasteiger partial charge in [-0.1, -0.05) is 39.2 Å². The number of benzene rings is 2. The molecule has 1 saturated carbocycles. The Balaban J connectivity index is 1.46. The Morgan fingerprint density at radius 3 is 2.36 bits per heavy atom. The van der Waals surface area contributed by atoms with Crippen LogP contribution in [0.15, 0.2) is 42.6 Å². The van der Waals surface area contributed by atoms with E-state index >= 15 is 0 Å². The van der Waals surface area contributed by atoms with Gasteiger partial charge in [-0.25, -0.2) is 0 Å². The number of nitrogens with one attached hydrogen (secondary N) is 1. The predicted molar refractivity (Wildman–Crippen MR) is 218 cm³/mol. The molecule has 9 nitrogen and oxygen atoms in total. The molecule has 10 heteroatoms. The Labute approximate surface area is 319 Å². The van der Waals surface area contributed by atoms with Crippen LogP contribution in [0.5, 0.6) is 5.75 Å². The number of allylic oxidation sites excluding steroid dienone is 1. The molecule has 2 aromatic heterocycles. The van der Waals surface area contributed by atoms with E-state index in [0.29, 0.717) is 36.7 Å². The van der Waals surface area contributed by atoms with Crippen LogP contribution in [0.2, 0.25) is 0 Å². The topological polar surface area (TPSA) is 84.6 Å². The molecule has 7 rings (SSSR count). The van der Waals surface area contributed by atoms with Crippen molar-refractivity contribution in [2.24, 2.45) is 0 Å². The van der Waals surface area contributed by atoms with E-state index in [9.17, 15) is 9.59 Å². The summed E-state index contributed by atoms with van der Waals surface area (Å²) in [6.07, 6.45) is 10.0. The van der Waals surface area contributed by atoms with Crippen molar-refractivity contribution in [2.45, 2.75) is 116 Å². The van der Waals surface area contributed by atoms with Gasteiger partial charge in [-0.2, -0.15) is 5.10 Å². The van der Waals surface area contributed by atoms with Crippen LogP contribution in [0, 0.1) is 0 Å². The van der Waals surface area contributed by atoms with Crippen LogP contribution in [-0.4, -0.2) is 80.5 Å². The molecule has 1 saturated heterocycles. The van der Waals surface area contributed by atoms with Crippen molar-refractivity contribution >= 4 is 46.3 Å². The Bertz CT molecular complexity index is 2050. The molecule has 2 atom stereocenters. The number of likely N-dealkylation sites (N-methyl/N-ethyl adjacent to an activating group) is 1. The number of hydrogen-bond acceptors (Lipinski definition) is 6. The second-order valence-electron chi connectivity index (χ2n) is 16.7. The molecule has 2 aliphatic heterocycles. The zero-order valence-electron chi connectivity index (χ0n) is 33.0. The fourth-order valence-electron chi connectivity index (χ4n) is 8.62. The summed E-state index contributed by atoms with van der Waals surface area (Å²) in [6.45, 7) is 16.8. The van der Waals surface area contributed by atoms with E-state index in [0.717, 1.165) is 46.5 Å². The third-order valence-corrected chi connectivity index (χ3v) is 12.3. The standard InChI is InChI=1S/C43H56N6O3S/c1-26(2)53-45-41(50)30-15-17-35-37(21-30)48-25-32(19-31-20-33(52-9)16-18-34(31)40(48)38(35)29-13-11-10-12-14-29)39-36(22-44-49(39)43(5,6)7)42(51)47-23-27(3)46(8)28(4)24-47/h15-22,26-29H,10-14,23-25H2,1-9H3,(H,45,50). The van der Waals surface area contributed by atoms with Crippen molar-refractivity contribution in [3.8, 4) is 17.0 Å². The molecule has 2 aromatic carbocycles. The van der Waals surface area contributed by atoms with Gasteiger partial charge in [0.25, 0.3) is 11.8 Å². The highest BCUT2D eigenvalue weighted by Gasteiger charge is 2.36. The molecule has 1 N–H and O–H groups in total. The number of rotatable bonds is 7. The average molecular weight is 737 g/mol. The Kier molecular flexibility index (Phi) is 10.3. The predicted octanol–water partition coefficient (Wildman–Crippen LogP) is 8.82. The molecule has 282 valence electrons. The highest BCUT2D eigenvalue weighted by molar-refractivity contribution is 7.98. The van der Waals surface area contributed by atoms with Crippen molar-refractivity contribution in [1.82, 2.24) is 28.9 Å². The molecule has 1 aliphatic carbocycles. The fourth-order valence-corrected chi connectivity index (χ4v) is 9.08. The van der Waals surface area contributed by atoms with Gasteiger partial charge in [-0.3, -0.25) is 23.9 Å². The van der Waals surface area contributed by atoms with Crippen molar-refractivity contribution < 1.29 is 14.3 Å². The van der Waals surface area contributed by atoms with Crippen molar-refractivity contribution in [2.75, 3.05) is 27.2 Å². The van der Waals surface area contributed by atoms with Gasteiger partial charge in [0.05, 0.1) is 42.3 Å². The molecule has 53 heavy (non-hydrogen) atoms. The summed E-state index contributed by atoms with van der Waals surface area (Å²) < 4.78 is 13.3. The fraction of sp³-hybridized carbons (Fsp3) is 0.512. The summed E-state index contributed by atoms with van der Waals surface area (Å²) in [6, 6.07) is 13.1. The SMILES string of the molecule is COc1ccc2c(c1)C=C(c1c(C(=O)N3CC(C)N(C)C(C)C3)cnn1C(C)(C)C)Cn1c-2c(C2CCCCC2)c2ccc(C(=O)NSC(C)C)cc21. The molecule has 2 fully saturated rings. The van der Waals surface area contributed by atoms with Crippen LogP contribution in [0.1, 0.15) is 124 Å². The molecule has 2 amide bonds. The van der Waals surface area contributed by atoms with Crippen molar-refractivity contribution in [1.29, 1.82) is 0 Å². The summed E-state index contributed by atoms with van der Waals surface area (Å²) in [4.78, 5) is 32.6. The number of carbonyl (C=O) groups is 2. The maximum atomic E-state index is 14.7. The molecule has 0 spiro atoms. The summed E-state index contributed by atoms with van der Waals surface area (Å²) >= 11 is 1.44. The molecule has 2 unspecified atom stereocenters. The lowest BCUT2D eigenvalue weighted by molar-refractivity contribution is 0.0413. The first-order valence-corrected chi connectivity index (χ1v) is 20.3. The van der Waals surface area contributed by atoms with Crippen LogP contribution in [0.4, 0.5) is 0 Å². The van der Waals surface area contributed by atoms with E-state index in [1.807, 2.05) is 15.6 Å². The second kappa shape index (κ2) is 14.7. The minimum atomic E-state index is -0.394. The number of carbonyl (C=O) groups excluding carboxylic acids is 2. The first kappa shape index (κ1) is 37.3. The highest BCUT2D eigenvalue weighted by Crippen LogP contribution is 2.48. The number of piperazine rings is 1. The van der Waals surface area contributed by atoms with Crippen molar-refractivity contribution in [3.63, 3.8) is 0 Å². The number of hydrogen-bond donors (Lipinski definition) is 1. The largest absolute Gasteiger partial charge is 0.497 e. The monoisotopic (exact) mass is 736 g/mol. The van der Waals surface area contributed by atoms with Crippen molar-refractivity contribution in [3.05, 3.63) is 70.5 Å². The minimum Gasteiger partial charge on any atom is -0.497 e. The van der Waals surface area contributed by atoms with E-state index in [1.54, 1.807) is 13.3 Å². The summed E-state index contributed by atoms with van der Waals surface area (Å²) in [5.74, 6) is 1.11. The number of fused-ring (bicyclic) bond motifs is 5. The summed E-state index contributed by atoms with van der Waals surface area (Å²) in [5, 5.41) is 6.42. The van der Waals surface area contributed by atoms with Gasteiger partial charge in [-0.05, 0) is 125 Å². The number of ether oxygens (including phenoxy) is 1. The lowest BCUT2D eigenvalue weighted by atomic mass is 9.81. The number of nitrogens with zero attached hydrogens (tertiary/aromatic N) is 5. The third kappa shape index (κ3) is 7.05. The van der Waals surface area contributed by atoms with Crippen LogP contribution >= 0.6 is 11.9 Å². The van der Waals surface area contributed by atoms with E-state index in [4.69, 9.17) is 9.84 Å². The average Bonchev–Trinajstić information content (AvgIpc) is 3.68. The van der Waals surface area contributed by atoms with E-state index < -0.39 is 5.54 Å². The Hall–Kier alpha value is -4.02. The molecular weight excluding hydrogens is 681 g/mol. The molecular formula is C43H56N6O3S. The molecule has 0 radical (unpaired) electrons. The number of aromatic nitrogens is 3. The zero-order chi connectivity index (χ0) is 37.8. The quantitative estimate of drug-likeness (QED) is 0.191. The maximum Gasteiger partial charge on any atom is 0.261 e. The molecule has 3 aliphatic rings. The maximum absolute atomic E-state index is 14.7. The molecule has 4 aromatic rings. The first-order valence-electron chi connectivity index (χ1n) is 19.4. The second-order valence-corrected chi connectivity index (χ2v) is 18.1. The minimum absolute atomic E-state index is 0.0143. The Morgan fingerprint density at radius 2 is 1.70 bits per heavy atom. The number of methoxy groups -OCH3 is 1. The van der Waals surface area contributed by atoms with Gasteiger partial charge < -0.3 is 14.2 Å². The van der Waals surface area contributed by atoms with Crippen LogP contribution < -0.4 is 9.46 Å². The molecule has 4 heterocycles. The Morgan fingerprint density at radius 1 is 0.981 bits per heavy atom. The molecule has 0 bridgehead atoms. The summed E-state index contributed by atoms with van der Waals surface area (Å²) in [7, 11) is 3.85. The van der Waals surface area contributed by atoms with Gasteiger partial charge >= 0.3 is 0 Å². The van der Waals surface area contributed by atoms with Crippen LogP contribution in [0.25, 0.3) is 33.8 Å². The first-order chi connectivity index (χ1) is 25.3. The smallest absolute Gasteiger partial charge is 0.261 e. The summed E-state index contributed by atoms with van der Waals surface area (Å²) in [5.41, 5.74) is 8.49. The van der Waals surface area contributed by atoms with Gasteiger partial charge in [0.1, 0.15) is 5.75 Å². The lowest BCUT2D eigenvalue weighted by Crippen LogP contribution is -2.56. The highest BCUT2D eigenvalue weighted by atomic mass is 32.2. The number of amides is 2. The third-order valence-electron chi connectivity index (χ3n) is 11.5. The van der Waals surface area contributed by atoms with Crippen LogP contribution in [0.3, 0.4) is 0 Å². The van der Waals surface area contributed by atoms with Gasteiger partial charge in [0.2, 0.25) is 0 Å². The van der Waals surface area contributed by atoms with Crippen LogP contribution in [-0.2, 0) is 12.1 Å². The normalized spacial score (nSPS) is 19.9. The van der Waals surface area contributed by atoms with E-state index in [-0.39, 0.29) is 29.1 Å². The zero-order valence-corrected chi connectivity index (χ0v) is 33.8. The van der Waals surface area contributed by atoms with Gasteiger partial charge in [-0.15, -0.1) is 0 Å². The van der Waals surface area contributed by atoms with E-state index in [2.05, 4.69) is 106 Å².